The lowest BCUT2D eigenvalue weighted by Gasteiger charge is -2.10. The molecule has 0 aliphatic heterocycles. The molecular weight excluding hydrogens is 318 g/mol. The third kappa shape index (κ3) is 4.97. The second-order valence-electron chi connectivity index (χ2n) is 5.98. The molecule has 2 aromatic rings. The zero-order chi connectivity index (χ0) is 17.6. The number of hydrogen-bond donors (Lipinski definition) is 3. The number of amides is 3. The average molecular weight is 339 g/mol. The Morgan fingerprint density at radius 2 is 1.88 bits per heavy atom. The van der Waals surface area contributed by atoms with E-state index in [2.05, 4.69) is 16.0 Å². The van der Waals surface area contributed by atoms with Crippen molar-refractivity contribution >= 4 is 17.6 Å². The van der Waals surface area contributed by atoms with Crippen LogP contribution in [-0.4, -0.2) is 25.1 Å². The highest BCUT2D eigenvalue weighted by Gasteiger charge is 2.23. The van der Waals surface area contributed by atoms with Crippen LogP contribution in [0.4, 0.5) is 10.5 Å². The molecule has 1 saturated carbocycles. The molecule has 0 saturated heterocycles. The zero-order valence-electron chi connectivity index (χ0n) is 14.0. The zero-order valence-corrected chi connectivity index (χ0v) is 14.0. The SMILES string of the molecule is COc1ccc(CNC(=O)Nc2cccc(C(=O)NC3CC3)c2)cc1. The Morgan fingerprint density at radius 1 is 1.12 bits per heavy atom. The van der Waals surface area contributed by atoms with E-state index in [1.165, 1.54) is 0 Å². The van der Waals surface area contributed by atoms with E-state index >= 15 is 0 Å². The summed E-state index contributed by atoms with van der Waals surface area (Å²) in [6.45, 7) is 0.400. The van der Waals surface area contributed by atoms with Crippen LogP contribution in [0, 0.1) is 0 Å². The van der Waals surface area contributed by atoms with Gasteiger partial charge < -0.3 is 20.7 Å². The fourth-order valence-corrected chi connectivity index (χ4v) is 2.34. The van der Waals surface area contributed by atoms with Gasteiger partial charge in [0.1, 0.15) is 5.75 Å². The van der Waals surface area contributed by atoms with Crippen LogP contribution >= 0.6 is 0 Å². The van der Waals surface area contributed by atoms with Crippen LogP contribution in [0.15, 0.2) is 48.5 Å². The molecule has 2 aromatic carbocycles. The maximum absolute atomic E-state index is 12.0. The summed E-state index contributed by atoms with van der Waals surface area (Å²) in [7, 11) is 1.61. The lowest BCUT2D eigenvalue weighted by atomic mass is 10.2. The largest absolute Gasteiger partial charge is 0.497 e. The molecular formula is C19H21N3O3. The number of ether oxygens (including phenoxy) is 1. The predicted octanol–water partition coefficient (Wildman–Crippen LogP) is 2.91. The summed E-state index contributed by atoms with van der Waals surface area (Å²) < 4.78 is 5.10. The molecule has 1 fully saturated rings. The molecule has 0 heterocycles. The summed E-state index contributed by atoms with van der Waals surface area (Å²) in [5.41, 5.74) is 2.09. The smallest absolute Gasteiger partial charge is 0.319 e. The van der Waals surface area contributed by atoms with E-state index in [4.69, 9.17) is 4.74 Å². The maximum Gasteiger partial charge on any atom is 0.319 e. The third-order valence-corrected chi connectivity index (χ3v) is 3.91. The first-order valence-corrected chi connectivity index (χ1v) is 8.23. The number of carbonyl (C=O) groups excluding carboxylic acids is 2. The van der Waals surface area contributed by atoms with Crippen molar-refractivity contribution in [1.29, 1.82) is 0 Å². The molecule has 3 N–H and O–H groups in total. The van der Waals surface area contributed by atoms with Crippen molar-refractivity contribution in [3.05, 3.63) is 59.7 Å². The first kappa shape index (κ1) is 16.8. The van der Waals surface area contributed by atoms with Gasteiger partial charge in [-0.3, -0.25) is 4.79 Å². The number of carbonyl (C=O) groups is 2. The Balaban J connectivity index is 1.52. The lowest BCUT2D eigenvalue weighted by molar-refractivity contribution is 0.0951. The van der Waals surface area contributed by atoms with Gasteiger partial charge >= 0.3 is 6.03 Å². The topological polar surface area (TPSA) is 79.5 Å². The monoisotopic (exact) mass is 339 g/mol. The molecule has 1 aliphatic carbocycles. The minimum Gasteiger partial charge on any atom is -0.497 e. The predicted molar refractivity (Wildman–Crippen MR) is 95.8 cm³/mol. The molecule has 0 atom stereocenters. The third-order valence-electron chi connectivity index (χ3n) is 3.91. The molecule has 0 bridgehead atoms. The van der Waals surface area contributed by atoms with Crippen molar-refractivity contribution in [2.45, 2.75) is 25.4 Å². The second kappa shape index (κ2) is 7.70. The maximum atomic E-state index is 12.0. The van der Waals surface area contributed by atoms with Crippen molar-refractivity contribution in [2.75, 3.05) is 12.4 Å². The van der Waals surface area contributed by atoms with Crippen molar-refractivity contribution in [1.82, 2.24) is 10.6 Å². The van der Waals surface area contributed by atoms with E-state index in [1.54, 1.807) is 31.4 Å². The van der Waals surface area contributed by atoms with E-state index in [1.807, 2.05) is 24.3 Å². The number of anilines is 1. The van der Waals surface area contributed by atoms with Crippen LogP contribution in [0.25, 0.3) is 0 Å². The molecule has 0 radical (unpaired) electrons. The minimum absolute atomic E-state index is 0.107. The summed E-state index contributed by atoms with van der Waals surface area (Å²) in [4.78, 5) is 24.1. The Bertz CT molecular complexity index is 755. The standard InChI is InChI=1S/C19H21N3O3/c1-25-17-9-5-13(6-10-17)12-20-19(24)22-16-4-2-3-14(11-16)18(23)21-15-7-8-15/h2-6,9-11,15H,7-8,12H2,1H3,(H,21,23)(H2,20,22,24). The summed E-state index contributed by atoms with van der Waals surface area (Å²) >= 11 is 0. The number of methoxy groups -OCH3 is 1. The molecule has 1 aliphatic rings. The van der Waals surface area contributed by atoms with Gasteiger partial charge in [-0.1, -0.05) is 18.2 Å². The molecule has 3 amide bonds. The van der Waals surface area contributed by atoms with E-state index < -0.39 is 0 Å². The Labute approximate surface area is 146 Å². The number of urea groups is 1. The van der Waals surface area contributed by atoms with Crippen LogP contribution in [0.1, 0.15) is 28.8 Å². The molecule has 0 aromatic heterocycles. The number of hydrogen-bond acceptors (Lipinski definition) is 3. The van der Waals surface area contributed by atoms with Gasteiger partial charge in [0, 0.05) is 23.8 Å². The van der Waals surface area contributed by atoms with Crippen molar-refractivity contribution in [3.8, 4) is 5.75 Å². The minimum atomic E-state index is -0.324. The van der Waals surface area contributed by atoms with Crippen LogP contribution in [-0.2, 0) is 6.54 Å². The molecule has 130 valence electrons. The summed E-state index contributed by atoms with van der Waals surface area (Å²) in [5.74, 6) is 0.666. The first-order chi connectivity index (χ1) is 12.1. The van der Waals surface area contributed by atoms with E-state index in [-0.39, 0.29) is 11.9 Å². The quantitative estimate of drug-likeness (QED) is 0.757. The van der Waals surface area contributed by atoms with Gasteiger partial charge in [-0.25, -0.2) is 4.79 Å². The molecule has 25 heavy (non-hydrogen) atoms. The molecule has 6 nitrogen and oxygen atoms in total. The molecule has 3 rings (SSSR count). The van der Waals surface area contributed by atoms with Gasteiger partial charge in [-0.15, -0.1) is 0 Å². The summed E-state index contributed by atoms with van der Waals surface area (Å²) in [5, 5.41) is 8.46. The van der Waals surface area contributed by atoms with Gasteiger partial charge in [0.25, 0.3) is 5.91 Å². The van der Waals surface area contributed by atoms with Crippen LogP contribution < -0.4 is 20.7 Å². The molecule has 0 spiro atoms. The van der Waals surface area contributed by atoms with E-state index in [0.29, 0.717) is 23.8 Å². The van der Waals surface area contributed by atoms with Crippen molar-refractivity contribution in [3.63, 3.8) is 0 Å². The van der Waals surface area contributed by atoms with E-state index in [0.717, 1.165) is 24.2 Å². The fourth-order valence-electron chi connectivity index (χ4n) is 2.34. The number of nitrogens with one attached hydrogen (secondary N) is 3. The Hall–Kier alpha value is -3.02. The van der Waals surface area contributed by atoms with Crippen molar-refractivity contribution < 1.29 is 14.3 Å². The van der Waals surface area contributed by atoms with Gasteiger partial charge in [0.05, 0.1) is 7.11 Å². The molecule has 6 heteroatoms. The highest BCUT2D eigenvalue weighted by molar-refractivity contribution is 5.97. The highest BCUT2D eigenvalue weighted by atomic mass is 16.5. The van der Waals surface area contributed by atoms with Gasteiger partial charge in [0.2, 0.25) is 0 Å². The fraction of sp³-hybridized carbons (Fsp3) is 0.263. The lowest BCUT2D eigenvalue weighted by Crippen LogP contribution is -2.28. The van der Waals surface area contributed by atoms with Gasteiger partial charge in [-0.2, -0.15) is 0 Å². The van der Waals surface area contributed by atoms with Crippen LogP contribution in [0.2, 0.25) is 0 Å². The second-order valence-corrected chi connectivity index (χ2v) is 5.98. The Kier molecular flexibility index (Phi) is 5.18. The normalized spacial score (nSPS) is 13.0. The van der Waals surface area contributed by atoms with Crippen molar-refractivity contribution in [2.24, 2.45) is 0 Å². The summed E-state index contributed by atoms with van der Waals surface area (Å²) in [6.07, 6.45) is 2.08. The van der Waals surface area contributed by atoms with Crippen LogP contribution in [0.3, 0.4) is 0 Å². The first-order valence-electron chi connectivity index (χ1n) is 8.23. The average Bonchev–Trinajstić information content (AvgIpc) is 3.44. The highest BCUT2D eigenvalue weighted by Crippen LogP contribution is 2.20. The van der Waals surface area contributed by atoms with E-state index in [9.17, 15) is 9.59 Å². The summed E-state index contributed by atoms with van der Waals surface area (Å²) in [6, 6.07) is 14.4. The molecule has 0 unspecified atom stereocenters. The Morgan fingerprint density at radius 3 is 2.56 bits per heavy atom. The van der Waals surface area contributed by atoms with Gasteiger partial charge in [-0.05, 0) is 48.7 Å². The number of rotatable bonds is 6. The van der Waals surface area contributed by atoms with Crippen LogP contribution in [0.5, 0.6) is 5.75 Å². The number of benzene rings is 2. The van der Waals surface area contributed by atoms with Gasteiger partial charge in [0.15, 0.2) is 0 Å².